The minimum Gasteiger partial charge on any atom is -0.380 e. The van der Waals surface area contributed by atoms with E-state index in [0.717, 1.165) is 13.1 Å². The summed E-state index contributed by atoms with van der Waals surface area (Å²) in [5.74, 6) is 0. The van der Waals surface area contributed by atoms with Crippen molar-refractivity contribution >= 4 is 0 Å². The van der Waals surface area contributed by atoms with Gasteiger partial charge in [-0.2, -0.15) is 0 Å². The Morgan fingerprint density at radius 2 is 2.29 bits per heavy atom. The Morgan fingerprint density at radius 1 is 1.41 bits per heavy atom. The van der Waals surface area contributed by atoms with Crippen LogP contribution in [0.5, 0.6) is 0 Å². The lowest BCUT2D eigenvalue weighted by molar-refractivity contribution is 0.185. The van der Waals surface area contributed by atoms with Crippen molar-refractivity contribution in [3.8, 4) is 0 Å². The van der Waals surface area contributed by atoms with Crippen LogP contribution in [0.4, 0.5) is 0 Å². The molecule has 17 heavy (non-hydrogen) atoms. The van der Waals surface area contributed by atoms with Crippen LogP contribution >= 0.6 is 0 Å². The molecule has 1 atom stereocenters. The molecular formula is C14H22N2O. The normalized spacial score (nSPS) is 19.7. The van der Waals surface area contributed by atoms with Crippen molar-refractivity contribution in [3.63, 3.8) is 0 Å². The first kappa shape index (κ1) is 12.6. The number of hydrogen-bond donors (Lipinski definition) is 2. The molecule has 1 aromatic carbocycles. The van der Waals surface area contributed by atoms with Crippen LogP contribution in [0.25, 0.3) is 0 Å². The molecule has 1 aromatic rings. The smallest absolute Gasteiger partial charge is 0.0713 e. The van der Waals surface area contributed by atoms with E-state index in [1.807, 2.05) is 0 Å². The van der Waals surface area contributed by atoms with Gasteiger partial charge >= 0.3 is 0 Å². The zero-order valence-electron chi connectivity index (χ0n) is 10.5. The van der Waals surface area contributed by atoms with Gasteiger partial charge in [-0.05, 0) is 30.5 Å². The molecule has 2 rings (SSSR count). The van der Waals surface area contributed by atoms with Crippen LogP contribution in [0.15, 0.2) is 24.3 Å². The van der Waals surface area contributed by atoms with Crippen LogP contribution in [0.1, 0.15) is 24.0 Å². The summed E-state index contributed by atoms with van der Waals surface area (Å²) < 4.78 is 5.14. The summed E-state index contributed by atoms with van der Waals surface area (Å²) in [6, 6.07) is 9.23. The summed E-state index contributed by atoms with van der Waals surface area (Å²) in [6.07, 6.45) is 2.62. The molecule has 0 saturated carbocycles. The van der Waals surface area contributed by atoms with Crippen molar-refractivity contribution in [3.05, 3.63) is 35.4 Å². The van der Waals surface area contributed by atoms with Gasteiger partial charge in [-0.25, -0.2) is 0 Å². The standard InChI is InChI=1S/C14H22N2O/c1-17-11-13-5-2-4-12(8-13)9-15-10-14-6-3-7-16-14/h2,4-5,8,14-16H,3,6-7,9-11H2,1H3. The summed E-state index contributed by atoms with van der Waals surface area (Å²) >= 11 is 0. The monoisotopic (exact) mass is 234 g/mol. The summed E-state index contributed by atoms with van der Waals surface area (Å²) in [6.45, 7) is 3.87. The molecule has 2 N–H and O–H groups in total. The number of rotatable bonds is 6. The van der Waals surface area contributed by atoms with E-state index in [2.05, 4.69) is 34.9 Å². The first-order valence-corrected chi connectivity index (χ1v) is 6.39. The third kappa shape index (κ3) is 4.11. The summed E-state index contributed by atoms with van der Waals surface area (Å²) in [5.41, 5.74) is 2.57. The van der Waals surface area contributed by atoms with Crippen molar-refractivity contribution in [2.75, 3.05) is 20.2 Å². The molecule has 1 heterocycles. The van der Waals surface area contributed by atoms with E-state index in [1.54, 1.807) is 7.11 Å². The van der Waals surface area contributed by atoms with Crippen LogP contribution in [0.3, 0.4) is 0 Å². The number of benzene rings is 1. The van der Waals surface area contributed by atoms with Gasteiger partial charge in [0.2, 0.25) is 0 Å². The Bertz CT molecular complexity index is 335. The third-order valence-corrected chi connectivity index (χ3v) is 3.18. The van der Waals surface area contributed by atoms with Gasteiger partial charge in [0.1, 0.15) is 0 Å². The van der Waals surface area contributed by atoms with Gasteiger partial charge < -0.3 is 15.4 Å². The quantitative estimate of drug-likeness (QED) is 0.785. The summed E-state index contributed by atoms with van der Waals surface area (Å²) in [4.78, 5) is 0. The molecule has 1 fully saturated rings. The second-order valence-electron chi connectivity index (χ2n) is 4.68. The van der Waals surface area contributed by atoms with E-state index in [1.165, 1.54) is 30.5 Å². The molecule has 3 nitrogen and oxygen atoms in total. The minimum atomic E-state index is 0.664. The average Bonchev–Trinajstić information content (AvgIpc) is 2.83. The van der Waals surface area contributed by atoms with E-state index in [0.29, 0.717) is 12.6 Å². The van der Waals surface area contributed by atoms with Crippen LogP contribution in [-0.2, 0) is 17.9 Å². The van der Waals surface area contributed by atoms with Crippen molar-refractivity contribution in [1.82, 2.24) is 10.6 Å². The molecule has 0 spiro atoms. The van der Waals surface area contributed by atoms with E-state index in [4.69, 9.17) is 4.74 Å². The molecule has 0 bridgehead atoms. The minimum absolute atomic E-state index is 0.664. The lowest BCUT2D eigenvalue weighted by Crippen LogP contribution is -2.33. The summed E-state index contributed by atoms with van der Waals surface area (Å²) in [5, 5.41) is 7.00. The fourth-order valence-corrected chi connectivity index (χ4v) is 2.32. The van der Waals surface area contributed by atoms with Gasteiger partial charge in [-0.3, -0.25) is 0 Å². The molecule has 94 valence electrons. The molecule has 1 aliphatic rings. The maximum atomic E-state index is 5.14. The van der Waals surface area contributed by atoms with E-state index >= 15 is 0 Å². The second kappa shape index (κ2) is 6.74. The number of ether oxygens (including phenoxy) is 1. The molecule has 0 amide bonds. The highest BCUT2D eigenvalue weighted by atomic mass is 16.5. The third-order valence-electron chi connectivity index (χ3n) is 3.18. The second-order valence-corrected chi connectivity index (χ2v) is 4.68. The Balaban J connectivity index is 1.75. The fourth-order valence-electron chi connectivity index (χ4n) is 2.32. The van der Waals surface area contributed by atoms with Gasteiger partial charge in [0.25, 0.3) is 0 Å². The van der Waals surface area contributed by atoms with Crippen molar-refractivity contribution in [2.24, 2.45) is 0 Å². The van der Waals surface area contributed by atoms with Crippen molar-refractivity contribution < 1.29 is 4.74 Å². The van der Waals surface area contributed by atoms with Crippen LogP contribution < -0.4 is 10.6 Å². The van der Waals surface area contributed by atoms with Crippen LogP contribution in [-0.4, -0.2) is 26.2 Å². The van der Waals surface area contributed by atoms with E-state index in [9.17, 15) is 0 Å². The topological polar surface area (TPSA) is 33.3 Å². The Hall–Kier alpha value is -0.900. The van der Waals surface area contributed by atoms with Gasteiger partial charge in [0, 0.05) is 26.2 Å². The largest absolute Gasteiger partial charge is 0.380 e. The van der Waals surface area contributed by atoms with Crippen molar-refractivity contribution in [2.45, 2.75) is 32.0 Å². The number of hydrogen-bond acceptors (Lipinski definition) is 3. The molecule has 0 radical (unpaired) electrons. The highest BCUT2D eigenvalue weighted by Crippen LogP contribution is 2.07. The zero-order chi connectivity index (χ0) is 11.9. The Morgan fingerprint density at radius 3 is 3.06 bits per heavy atom. The molecular weight excluding hydrogens is 212 g/mol. The van der Waals surface area contributed by atoms with E-state index < -0.39 is 0 Å². The Labute approximate surface area is 104 Å². The lowest BCUT2D eigenvalue weighted by atomic mass is 10.1. The zero-order valence-corrected chi connectivity index (χ0v) is 10.5. The fraction of sp³-hybridized carbons (Fsp3) is 0.571. The average molecular weight is 234 g/mol. The van der Waals surface area contributed by atoms with E-state index in [-0.39, 0.29) is 0 Å². The maximum Gasteiger partial charge on any atom is 0.0713 e. The number of nitrogens with one attached hydrogen (secondary N) is 2. The highest BCUT2D eigenvalue weighted by Gasteiger charge is 2.12. The molecule has 1 saturated heterocycles. The molecule has 0 aliphatic carbocycles. The number of methoxy groups -OCH3 is 1. The molecule has 1 unspecified atom stereocenters. The Kier molecular flexibility index (Phi) is 4.98. The highest BCUT2D eigenvalue weighted by molar-refractivity contribution is 5.22. The molecule has 3 heteroatoms. The van der Waals surface area contributed by atoms with Gasteiger partial charge in [0.15, 0.2) is 0 Å². The first-order chi connectivity index (χ1) is 8.38. The molecule has 1 aliphatic heterocycles. The van der Waals surface area contributed by atoms with Crippen molar-refractivity contribution in [1.29, 1.82) is 0 Å². The maximum absolute atomic E-state index is 5.14. The predicted octanol–water partition coefficient (Wildman–Crippen LogP) is 1.67. The van der Waals surface area contributed by atoms with Gasteiger partial charge in [-0.1, -0.05) is 24.3 Å². The molecule has 0 aromatic heterocycles. The lowest BCUT2D eigenvalue weighted by Gasteiger charge is -2.11. The van der Waals surface area contributed by atoms with Gasteiger partial charge in [-0.15, -0.1) is 0 Å². The first-order valence-electron chi connectivity index (χ1n) is 6.39. The van der Waals surface area contributed by atoms with Gasteiger partial charge in [0.05, 0.1) is 6.61 Å². The predicted molar refractivity (Wildman–Crippen MR) is 69.9 cm³/mol. The van der Waals surface area contributed by atoms with Crippen LogP contribution in [0.2, 0.25) is 0 Å². The summed E-state index contributed by atoms with van der Waals surface area (Å²) in [7, 11) is 1.73. The SMILES string of the molecule is COCc1cccc(CNCC2CCCN2)c1. The van der Waals surface area contributed by atoms with Crippen LogP contribution in [0, 0.1) is 0 Å².